The van der Waals surface area contributed by atoms with Crippen LogP contribution in [-0.2, 0) is 0 Å². The number of rotatable bonds is 6. The van der Waals surface area contributed by atoms with E-state index in [9.17, 15) is 4.39 Å². The van der Waals surface area contributed by atoms with Crippen LogP contribution >= 0.6 is 0 Å². The van der Waals surface area contributed by atoms with Crippen LogP contribution in [0.15, 0.2) is 42.7 Å². The van der Waals surface area contributed by atoms with Crippen molar-refractivity contribution in [1.82, 2.24) is 25.3 Å². The lowest BCUT2D eigenvalue weighted by Gasteiger charge is -2.30. The first-order valence-electron chi connectivity index (χ1n) is 13.3. The molecule has 7 rings (SSSR count). The highest BCUT2D eigenvalue weighted by molar-refractivity contribution is 5.96. The van der Waals surface area contributed by atoms with Crippen molar-refractivity contribution in [2.24, 2.45) is 0 Å². The maximum atomic E-state index is 14.5. The third kappa shape index (κ3) is 4.29. The smallest absolute Gasteiger partial charge is 0.162 e. The van der Waals surface area contributed by atoms with Gasteiger partial charge in [-0.25, -0.2) is 19.3 Å². The Kier molecular flexibility index (Phi) is 5.50. The quantitative estimate of drug-likeness (QED) is 0.369. The summed E-state index contributed by atoms with van der Waals surface area (Å²) in [5, 5.41) is 7.82. The summed E-state index contributed by atoms with van der Waals surface area (Å²) in [6.07, 6.45) is 8.57. The van der Waals surface area contributed by atoms with E-state index in [0.29, 0.717) is 29.2 Å². The number of benzene rings is 1. The molecule has 1 aromatic carbocycles. The molecule has 4 heterocycles. The fraction of sp³-hybridized carbons (Fsp3) is 0.379. The highest BCUT2D eigenvalue weighted by Crippen LogP contribution is 2.48. The summed E-state index contributed by atoms with van der Waals surface area (Å²) in [4.78, 5) is 22.2. The van der Waals surface area contributed by atoms with Crippen molar-refractivity contribution in [2.45, 2.75) is 44.4 Å². The molecule has 0 atom stereocenters. The zero-order chi connectivity index (χ0) is 24.9. The number of nitrogens with one attached hydrogen (secondary N) is 2. The van der Waals surface area contributed by atoms with E-state index in [2.05, 4.69) is 26.7 Å². The molecule has 8 heteroatoms. The normalized spacial score (nSPS) is 17.8. The highest BCUT2D eigenvalue weighted by atomic mass is 19.1. The fourth-order valence-corrected chi connectivity index (χ4v) is 5.32. The number of halogens is 1. The van der Waals surface area contributed by atoms with Crippen LogP contribution in [0.5, 0.6) is 0 Å². The van der Waals surface area contributed by atoms with E-state index >= 15 is 0 Å². The fourth-order valence-electron chi connectivity index (χ4n) is 5.32. The minimum Gasteiger partial charge on any atom is -0.353 e. The molecular formula is C29H30FN7. The van der Waals surface area contributed by atoms with Crippen LogP contribution in [0, 0.1) is 12.7 Å². The average molecular weight is 496 g/mol. The number of piperazine rings is 1. The van der Waals surface area contributed by atoms with Crippen molar-refractivity contribution < 1.29 is 4.39 Å². The molecule has 1 saturated heterocycles. The van der Waals surface area contributed by atoms with Crippen molar-refractivity contribution in [3.63, 3.8) is 0 Å². The first kappa shape index (κ1) is 22.5. The Morgan fingerprint density at radius 1 is 1.00 bits per heavy atom. The molecule has 4 aromatic rings. The molecule has 3 aliphatic rings. The number of aromatic nitrogens is 4. The molecule has 0 unspecified atom stereocenters. The number of fused-ring (bicyclic) bond motifs is 1. The predicted octanol–water partition coefficient (Wildman–Crippen LogP) is 5.44. The largest absolute Gasteiger partial charge is 0.353 e. The Labute approximate surface area is 215 Å². The maximum Gasteiger partial charge on any atom is 0.162 e. The van der Waals surface area contributed by atoms with Crippen LogP contribution in [0.1, 0.15) is 54.3 Å². The number of nitrogens with zero attached hydrogens (tertiary/aromatic N) is 5. The molecule has 3 fully saturated rings. The van der Waals surface area contributed by atoms with E-state index < -0.39 is 0 Å². The van der Waals surface area contributed by atoms with Crippen LogP contribution in [0.3, 0.4) is 0 Å². The van der Waals surface area contributed by atoms with Crippen LogP contribution in [0.25, 0.3) is 22.3 Å². The second kappa shape index (κ2) is 9.03. The maximum absolute atomic E-state index is 14.5. The lowest BCUT2D eigenvalue weighted by molar-refractivity contribution is 0.586. The van der Waals surface area contributed by atoms with E-state index in [-0.39, 0.29) is 5.82 Å². The molecule has 7 nitrogen and oxygen atoms in total. The van der Waals surface area contributed by atoms with E-state index in [4.69, 9.17) is 15.0 Å². The summed E-state index contributed by atoms with van der Waals surface area (Å²) < 4.78 is 14.5. The summed E-state index contributed by atoms with van der Waals surface area (Å²) in [5.74, 6) is 2.97. The molecule has 1 aliphatic heterocycles. The first-order chi connectivity index (χ1) is 18.2. The molecule has 2 N–H and O–H groups in total. The van der Waals surface area contributed by atoms with Gasteiger partial charge in [-0.1, -0.05) is 12.1 Å². The van der Waals surface area contributed by atoms with Gasteiger partial charge in [0.2, 0.25) is 0 Å². The molecule has 0 bridgehead atoms. The van der Waals surface area contributed by atoms with Crippen LogP contribution < -0.4 is 15.5 Å². The lowest BCUT2D eigenvalue weighted by atomic mass is 10.0. The molecular weight excluding hydrogens is 465 g/mol. The number of aryl methyl sites for hydroxylation is 1. The third-order valence-electron chi connectivity index (χ3n) is 7.65. The lowest BCUT2D eigenvalue weighted by Crippen LogP contribution is -2.44. The van der Waals surface area contributed by atoms with Crippen molar-refractivity contribution in [1.29, 1.82) is 0 Å². The van der Waals surface area contributed by atoms with Gasteiger partial charge in [-0.15, -0.1) is 0 Å². The van der Waals surface area contributed by atoms with Gasteiger partial charge in [0.15, 0.2) is 5.82 Å². The summed E-state index contributed by atoms with van der Waals surface area (Å²) in [6, 6.07) is 8.88. The summed E-state index contributed by atoms with van der Waals surface area (Å²) in [5.41, 5.74) is 5.51. The summed E-state index contributed by atoms with van der Waals surface area (Å²) in [7, 11) is 0. The second-order valence-electron chi connectivity index (χ2n) is 10.5. The van der Waals surface area contributed by atoms with Gasteiger partial charge in [0, 0.05) is 55.4 Å². The molecule has 3 aromatic heterocycles. The third-order valence-corrected chi connectivity index (χ3v) is 7.65. The number of hydrogen-bond acceptors (Lipinski definition) is 7. The zero-order valence-electron chi connectivity index (χ0n) is 21.0. The highest BCUT2D eigenvalue weighted by Gasteiger charge is 2.34. The molecule has 0 radical (unpaired) electrons. The van der Waals surface area contributed by atoms with Crippen molar-refractivity contribution >= 4 is 28.2 Å². The van der Waals surface area contributed by atoms with Gasteiger partial charge < -0.3 is 15.5 Å². The van der Waals surface area contributed by atoms with E-state index in [0.717, 1.165) is 54.3 Å². The van der Waals surface area contributed by atoms with Gasteiger partial charge in [0.25, 0.3) is 0 Å². The minimum atomic E-state index is -0.303. The predicted molar refractivity (Wildman–Crippen MR) is 144 cm³/mol. The standard InChI is InChI=1S/C29H30FN7/c1-17-3-2-4-22(30)25(17)34-23-15-20(9-10-32-23)28-35-27-24(29(36-28)37-13-11-31-12-14-37)21(18-5-6-18)16-33-26(27)19-7-8-19/h2-4,9-10,15-16,18-19,31H,5-8,11-14H2,1H3,(H,32,34). The van der Waals surface area contributed by atoms with Crippen LogP contribution in [0.2, 0.25) is 0 Å². The van der Waals surface area contributed by atoms with Gasteiger partial charge in [-0.05, 0) is 67.9 Å². The second-order valence-corrected chi connectivity index (χ2v) is 10.5. The SMILES string of the molecule is Cc1cccc(F)c1Nc1cc(-c2nc(N3CCNCC3)c3c(C4CC4)cnc(C4CC4)c3n2)ccn1. The van der Waals surface area contributed by atoms with E-state index in [1.807, 2.05) is 25.1 Å². The molecule has 37 heavy (non-hydrogen) atoms. The number of pyridine rings is 2. The zero-order valence-corrected chi connectivity index (χ0v) is 21.0. The van der Waals surface area contributed by atoms with Crippen LogP contribution in [-0.4, -0.2) is 46.1 Å². The van der Waals surface area contributed by atoms with Crippen molar-refractivity contribution in [3.8, 4) is 11.4 Å². The number of hydrogen-bond donors (Lipinski definition) is 2. The Morgan fingerprint density at radius 3 is 2.57 bits per heavy atom. The van der Waals surface area contributed by atoms with Gasteiger partial charge in [0.05, 0.1) is 16.9 Å². The van der Waals surface area contributed by atoms with E-state index in [1.165, 1.54) is 42.7 Å². The topological polar surface area (TPSA) is 78.9 Å². The minimum absolute atomic E-state index is 0.303. The van der Waals surface area contributed by atoms with Gasteiger partial charge in [0.1, 0.15) is 17.5 Å². The Morgan fingerprint density at radius 2 is 1.81 bits per heavy atom. The Hall–Kier alpha value is -3.65. The Balaban J connectivity index is 1.38. The van der Waals surface area contributed by atoms with Gasteiger partial charge >= 0.3 is 0 Å². The van der Waals surface area contributed by atoms with Crippen molar-refractivity contribution in [3.05, 3.63) is 65.4 Å². The van der Waals surface area contributed by atoms with Gasteiger partial charge in [-0.2, -0.15) is 0 Å². The molecule has 2 aliphatic carbocycles. The van der Waals surface area contributed by atoms with Crippen LogP contribution in [0.4, 0.5) is 21.7 Å². The van der Waals surface area contributed by atoms with Crippen molar-refractivity contribution in [2.75, 3.05) is 36.4 Å². The summed E-state index contributed by atoms with van der Waals surface area (Å²) >= 11 is 0. The molecule has 0 spiro atoms. The van der Waals surface area contributed by atoms with Gasteiger partial charge in [-0.3, -0.25) is 4.98 Å². The molecule has 2 saturated carbocycles. The monoisotopic (exact) mass is 495 g/mol. The first-order valence-corrected chi connectivity index (χ1v) is 13.3. The molecule has 188 valence electrons. The average Bonchev–Trinajstić information content (AvgIpc) is 3.84. The van der Waals surface area contributed by atoms with E-state index in [1.54, 1.807) is 12.3 Å². The number of para-hydroxylation sites is 1. The Bertz CT molecular complexity index is 1470. The summed E-state index contributed by atoms with van der Waals surface area (Å²) in [6.45, 7) is 5.57. The molecule has 0 amide bonds. The number of anilines is 3.